The summed E-state index contributed by atoms with van der Waals surface area (Å²) in [6, 6.07) is 3.15. The van der Waals surface area contributed by atoms with E-state index >= 15 is 0 Å². The van der Waals surface area contributed by atoms with Crippen LogP contribution in [0.2, 0.25) is 0 Å². The molecular formula is C10H6FN3OS2. The molecule has 7 heteroatoms. The van der Waals surface area contributed by atoms with E-state index in [-0.39, 0.29) is 5.69 Å². The number of pyridine rings is 1. The van der Waals surface area contributed by atoms with E-state index in [0.717, 1.165) is 17.5 Å². The lowest BCUT2D eigenvalue weighted by Gasteiger charge is -1.93. The van der Waals surface area contributed by atoms with Crippen molar-refractivity contribution in [2.24, 2.45) is 0 Å². The van der Waals surface area contributed by atoms with Crippen molar-refractivity contribution in [1.82, 2.24) is 9.97 Å². The Morgan fingerprint density at radius 1 is 1.53 bits per heavy atom. The maximum Gasteiger partial charge on any atom is 0.168 e. The lowest BCUT2D eigenvalue weighted by Crippen LogP contribution is -1.86. The Bertz CT molecular complexity index is 633. The van der Waals surface area contributed by atoms with Crippen molar-refractivity contribution in [3.8, 4) is 16.6 Å². The molecule has 0 aromatic carbocycles. The van der Waals surface area contributed by atoms with Crippen molar-refractivity contribution in [2.45, 2.75) is 4.21 Å². The van der Waals surface area contributed by atoms with Gasteiger partial charge in [0.05, 0.1) is 17.0 Å². The maximum absolute atomic E-state index is 13.0. The summed E-state index contributed by atoms with van der Waals surface area (Å²) >= 11 is 1.11. The van der Waals surface area contributed by atoms with Crippen LogP contribution in [0.4, 0.5) is 4.39 Å². The van der Waals surface area contributed by atoms with Gasteiger partial charge in [-0.05, 0) is 6.07 Å². The van der Waals surface area contributed by atoms with Crippen LogP contribution in [-0.2, 0) is 10.8 Å². The number of thiazole rings is 1. The van der Waals surface area contributed by atoms with Gasteiger partial charge in [0.15, 0.2) is 5.69 Å². The van der Waals surface area contributed by atoms with E-state index in [2.05, 4.69) is 9.97 Å². The van der Waals surface area contributed by atoms with Crippen LogP contribution >= 0.6 is 11.3 Å². The van der Waals surface area contributed by atoms with Gasteiger partial charge in [-0.25, -0.2) is 9.37 Å². The lowest BCUT2D eigenvalue weighted by atomic mass is 10.3. The Kier molecular flexibility index (Phi) is 3.26. The predicted octanol–water partition coefficient (Wildman–Crippen LogP) is 1.95. The van der Waals surface area contributed by atoms with Gasteiger partial charge in [-0.3, -0.25) is 9.19 Å². The van der Waals surface area contributed by atoms with Gasteiger partial charge >= 0.3 is 0 Å². The molecule has 2 rings (SSSR count). The van der Waals surface area contributed by atoms with Crippen molar-refractivity contribution in [3.63, 3.8) is 0 Å². The summed E-state index contributed by atoms with van der Waals surface area (Å²) in [7, 11) is -1.28. The topological polar surface area (TPSA) is 66.6 Å². The normalized spacial score (nSPS) is 12.1. The largest absolute Gasteiger partial charge is 0.261 e. The van der Waals surface area contributed by atoms with Crippen LogP contribution in [0, 0.1) is 17.1 Å². The minimum atomic E-state index is -1.28. The van der Waals surface area contributed by atoms with Gasteiger partial charge in [0.25, 0.3) is 0 Å². The third-order valence-electron chi connectivity index (χ3n) is 1.91. The fraction of sp³-hybridized carbons (Fsp3) is 0.100. The molecule has 0 saturated carbocycles. The van der Waals surface area contributed by atoms with E-state index in [1.54, 1.807) is 0 Å². The maximum atomic E-state index is 13.0. The number of nitriles is 1. The third-order valence-corrected chi connectivity index (χ3v) is 4.48. The standard InChI is InChI=1S/C10H6FN3OS2/c1-17(15)10-8(3-12)14-9(16-10)6-2-7(11)5-13-4-6/h2,4-5H,1H3. The van der Waals surface area contributed by atoms with Gasteiger partial charge < -0.3 is 0 Å². The smallest absolute Gasteiger partial charge is 0.168 e. The Morgan fingerprint density at radius 3 is 2.82 bits per heavy atom. The number of halogens is 1. The highest BCUT2D eigenvalue weighted by atomic mass is 32.2. The molecule has 0 N–H and O–H groups in total. The average molecular weight is 267 g/mol. The molecule has 17 heavy (non-hydrogen) atoms. The van der Waals surface area contributed by atoms with Gasteiger partial charge in [-0.2, -0.15) is 5.26 Å². The Hall–Kier alpha value is -1.65. The molecule has 0 aliphatic carbocycles. The first-order valence-corrected chi connectivity index (χ1v) is 6.84. The summed E-state index contributed by atoms with van der Waals surface area (Å²) in [6.07, 6.45) is 4.01. The fourth-order valence-corrected chi connectivity index (χ4v) is 3.02. The van der Waals surface area contributed by atoms with Crippen molar-refractivity contribution >= 4 is 22.1 Å². The number of rotatable bonds is 2. The predicted molar refractivity (Wildman–Crippen MR) is 62.4 cm³/mol. The number of hydrogen-bond donors (Lipinski definition) is 0. The summed E-state index contributed by atoms with van der Waals surface area (Å²) in [5.41, 5.74) is 0.596. The zero-order valence-corrected chi connectivity index (χ0v) is 10.3. The second kappa shape index (κ2) is 4.69. The van der Waals surface area contributed by atoms with Crippen molar-refractivity contribution in [2.75, 3.05) is 6.26 Å². The summed E-state index contributed by atoms with van der Waals surface area (Å²) in [4.78, 5) is 7.72. The highest BCUT2D eigenvalue weighted by Crippen LogP contribution is 2.29. The van der Waals surface area contributed by atoms with E-state index in [1.165, 1.54) is 18.5 Å². The number of nitrogens with zero attached hydrogens (tertiary/aromatic N) is 3. The molecule has 1 unspecified atom stereocenters. The first-order valence-electron chi connectivity index (χ1n) is 4.47. The molecule has 0 aliphatic rings. The quantitative estimate of drug-likeness (QED) is 0.834. The molecule has 1 atom stereocenters. The van der Waals surface area contributed by atoms with Gasteiger partial charge in [-0.15, -0.1) is 11.3 Å². The molecule has 0 saturated heterocycles. The second-order valence-corrected chi connectivity index (χ2v) is 5.69. The number of hydrogen-bond acceptors (Lipinski definition) is 5. The van der Waals surface area contributed by atoms with Crippen LogP contribution in [0.3, 0.4) is 0 Å². The Morgan fingerprint density at radius 2 is 2.29 bits per heavy atom. The second-order valence-electron chi connectivity index (χ2n) is 3.11. The number of aromatic nitrogens is 2. The SMILES string of the molecule is CS(=O)c1sc(-c2cncc(F)c2)nc1C#N. The summed E-state index contributed by atoms with van der Waals surface area (Å²) in [5, 5.41) is 9.30. The van der Waals surface area contributed by atoms with Gasteiger partial charge in [0.1, 0.15) is 21.1 Å². The summed E-state index contributed by atoms with van der Waals surface area (Å²) < 4.78 is 24.8. The highest BCUT2D eigenvalue weighted by Gasteiger charge is 2.15. The summed E-state index contributed by atoms with van der Waals surface area (Å²) in [5.74, 6) is -0.477. The van der Waals surface area contributed by atoms with E-state index in [4.69, 9.17) is 5.26 Å². The highest BCUT2D eigenvalue weighted by molar-refractivity contribution is 7.86. The van der Waals surface area contributed by atoms with Crippen molar-refractivity contribution < 1.29 is 8.60 Å². The summed E-state index contributed by atoms with van der Waals surface area (Å²) in [6.45, 7) is 0. The molecule has 2 aromatic heterocycles. The van der Waals surface area contributed by atoms with Crippen LogP contribution < -0.4 is 0 Å². The molecule has 0 radical (unpaired) electrons. The third kappa shape index (κ3) is 2.38. The van der Waals surface area contributed by atoms with Crippen LogP contribution in [-0.4, -0.2) is 20.4 Å². The zero-order chi connectivity index (χ0) is 12.4. The van der Waals surface area contributed by atoms with Crippen LogP contribution in [0.5, 0.6) is 0 Å². The zero-order valence-electron chi connectivity index (χ0n) is 8.68. The van der Waals surface area contributed by atoms with E-state index < -0.39 is 16.6 Å². The van der Waals surface area contributed by atoms with Crippen molar-refractivity contribution in [3.05, 3.63) is 30.0 Å². The van der Waals surface area contributed by atoms with E-state index in [1.807, 2.05) is 6.07 Å². The first-order chi connectivity index (χ1) is 8.11. The average Bonchev–Trinajstić information content (AvgIpc) is 2.73. The molecule has 0 bridgehead atoms. The van der Waals surface area contributed by atoms with Gasteiger partial charge in [0.2, 0.25) is 0 Å². The van der Waals surface area contributed by atoms with Crippen LogP contribution in [0.25, 0.3) is 10.6 Å². The van der Waals surface area contributed by atoms with Gasteiger partial charge in [-0.1, -0.05) is 0 Å². The van der Waals surface area contributed by atoms with Crippen LogP contribution in [0.1, 0.15) is 5.69 Å². The molecule has 0 fully saturated rings. The minimum Gasteiger partial charge on any atom is -0.261 e. The van der Waals surface area contributed by atoms with E-state index in [9.17, 15) is 8.60 Å². The molecule has 2 heterocycles. The minimum absolute atomic E-state index is 0.120. The van der Waals surface area contributed by atoms with E-state index in [0.29, 0.717) is 14.8 Å². The van der Waals surface area contributed by atoms with Crippen molar-refractivity contribution in [1.29, 1.82) is 5.26 Å². The Balaban J connectivity index is 2.55. The van der Waals surface area contributed by atoms with Crippen LogP contribution in [0.15, 0.2) is 22.7 Å². The Labute approximate surface area is 103 Å². The lowest BCUT2D eigenvalue weighted by molar-refractivity contribution is 0.622. The molecule has 2 aromatic rings. The van der Waals surface area contributed by atoms with Gasteiger partial charge in [0, 0.05) is 18.0 Å². The molecular weight excluding hydrogens is 261 g/mol. The first kappa shape index (κ1) is 11.8. The molecule has 0 aliphatic heterocycles. The molecule has 0 spiro atoms. The molecule has 86 valence electrons. The molecule has 0 amide bonds. The molecule has 4 nitrogen and oxygen atoms in total. The fourth-order valence-electron chi connectivity index (χ4n) is 1.22. The monoisotopic (exact) mass is 267 g/mol.